The van der Waals surface area contributed by atoms with E-state index in [1.54, 1.807) is 32.0 Å². The van der Waals surface area contributed by atoms with Crippen LogP contribution in [0.2, 0.25) is 0 Å². The van der Waals surface area contributed by atoms with Gasteiger partial charge in [-0.3, -0.25) is 18.7 Å². The largest absolute Gasteiger partial charge is 0.459 e. The molecule has 1 aliphatic rings. The number of ketones is 1. The lowest BCUT2D eigenvalue weighted by Crippen LogP contribution is -2.42. The number of benzene rings is 1. The Balaban J connectivity index is 1.77. The molecule has 0 radical (unpaired) electrons. The summed E-state index contributed by atoms with van der Waals surface area (Å²) in [5, 5.41) is 12.6. The second kappa shape index (κ2) is 12.5. The molecular formula is C24H31F2N4O9P. The van der Waals surface area contributed by atoms with E-state index in [4.69, 9.17) is 24.3 Å². The SMILES string of the molecule is CC(C)C(=O)[C@H](C)OC(=O)[C@H](C)NP(=O)(OC[C@H]1O[C@@H](n2ccc(N)nc2=O)C(F)(F)[C@@H]1O)Oc1ccccc1. The number of nitrogens with zero attached hydrogens (tertiary/aromatic N) is 2. The first-order valence-electron chi connectivity index (χ1n) is 12.2. The number of ether oxygens (including phenoxy) is 2. The number of anilines is 1. The maximum absolute atomic E-state index is 14.9. The lowest BCUT2D eigenvalue weighted by Gasteiger charge is -2.25. The molecule has 1 aromatic carbocycles. The molecular weight excluding hydrogens is 557 g/mol. The van der Waals surface area contributed by atoms with Gasteiger partial charge in [0.25, 0.3) is 0 Å². The van der Waals surface area contributed by atoms with Crippen molar-refractivity contribution in [3.05, 3.63) is 53.1 Å². The second-order valence-corrected chi connectivity index (χ2v) is 11.1. The van der Waals surface area contributed by atoms with E-state index in [1.807, 2.05) is 0 Å². The number of carbonyl (C=O) groups is 2. The Hall–Kier alpha value is -3.23. The van der Waals surface area contributed by atoms with Crippen LogP contribution < -0.4 is 21.0 Å². The second-order valence-electron chi connectivity index (χ2n) is 9.37. The summed E-state index contributed by atoms with van der Waals surface area (Å²) in [5.41, 5.74) is 4.26. The Morgan fingerprint density at radius 2 is 1.88 bits per heavy atom. The van der Waals surface area contributed by atoms with Gasteiger partial charge in [-0.15, -0.1) is 0 Å². The normalized spacial score (nSPS) is 23.2. The topological polar surface area (TPSA) is 181 Å². The van der Waals surface area contributed by atoms with Gasteiger partial charge in [-0.05, 0) is 32.0 Å². The molecule has 1 saturated heterocycles. The van der Waals surface area contributed by atoms with Crippen LogP contribution in [0.25, 0.3) is 0 Å². The maximum atomic E-state index is 14.9. The minimum atomic E-state index is -4.54. The third kappa shape index (κ3) is 7.29. The van der Waals surface area contributed by atoms with Gasteiger partial charge in [-0.1, -0.05) is 32.0 Å². The average Bonchev–Trinajstić information content (AvgIpc) is 3.10. The quantitative estimate of drug-likeness (QED) is 0.243. The van der Waals surface area contributed by atoms with Gasteiger partial charge < -0.3 is 24.8 Å². The van der Waals surface area contributed by atoms with Crippen LogP contribution in [0.4, 0.5) is 14.6 Å². The van der Waals surface area contributed by atoms with Gasteiger partial charge in [-0.2, -0.15) is 18.9 Å². The zero-order valence-electron chi connectivity index (χ0n) is 22.1. The van der Waals surface area contributed by atoms with Crippen LogP contribution in [0.1, 0.15) is 33.9 Å². The van der Waals surface area contributed by atoms with Crippen molar-refractivity contribution in [3.63, 3.8) is 0 Å². The van der Waals surface area contributed by atoms with Gasteiger partial charge in [0.05, 0.1) is 6.61 Å². The number of nitrogen functional groups attached to an aromatic ring is 1. The summed E-state index contributed by atoms with van der Waals surface area (Å²) in [6.07, 6.45) is -6.70. The number of halogens is 2. The number of nitrogens with one attached hydrogen (secondary N) is 1. The Labute approximate surface area is 228 Å². The molecule has 40 heavy (non-hydrogen) atoms. The molecule has 0 bridgehead atoms. The van der Waals surface area contributed by atoms with Crippen molar-refractivity contribution >= 4 is 25.3 Å². The highest BCUT2D eigenvalue weighted by Crippen LogP contribution is 2.48. The predicted molar refractivity (Wildman–Crippen MR) is 136 cm³/mol. The zero-order valence-corrected chi connectivity index (χ0v) is 23.0. The highest BCUT2D eigenvalue weighted by Gasteiger charge is 2.60. The van der Waals surface area contributed by atoms with E-state index in [-0.39, 0.29) is 17.4 Å². The van der Waals surface area contributed by atoms with Crippen LogP contribution in [0.5, 0.6) is 5.75 Å². The standard InChI is InChI=1S/C24H31F2N4O9P/c1-13(2)19(31)15(4)37-21(33)14(3)29-40(35,39-16-8-6-5-7-9-16)36-12-17-20(32)24(25,26)22(38-17)30-11-10-18(27)28-23(30)34/h5-11,13-15,17,20,22,32H,12H2,1-4H3,(H,29,35)(H2,27,28,34)/t14-,15-,17+,20+,22+,40?/m0/s1. The molecule has 1 fully saturated rings. The van der Waals surface area contributed by atoms with Crippen LogP contribution in [-0.2, 0) is 28.2 Å². The van der Waals surface area contributed by atoms with Gasteiger partial charge >= 0.3 is 25.3 Å². The van der Waals surface area contributed by atoms with E-state index in [0.29, 0.717) is 4.57 Å². The van der Waals surface area contributed by atoms with Crippen molar-refractivity contribution in [1.82, 2.24) is 14.6 Å². The number of esters is 1. The minimum absolute atomic E-state index is 0.0397. The molecule has 16 heteroatoms. The van der Waals surface area contributed by atoms with Crippen LogP contribution in [0.3, 0.4) is 0 Å². The fraction of sp³-hybridized carbons (Fsp3) is 0.500. The molecule has 1 aliphatic heterocycles. The van der Waals surface area contributed by atoms with Crippen molar-refractivity contribution in [2.75, 3.05) is 12.3 Å². The number of rotatable bonds is 12. The first-order valence-corrected chi connectivity index (χ1v) is 13.8. The van der Waals surface area contributed by atoms with Gasteiger partial charge in [0.1, 0.15) is 23.7 Å². The predicted octanol–water partition coefficient (Wildman–Crippen LogP) is 2.06. The molecule has 0 amide bonds. The van der Waals surface area contributed by atoms with E-state index >= 15 is 0 Å². The Morgan fingerprint density at radius 3 is 2.48 bits per heavy atom. The molecule has 2 heterocycles. The van der Waals surface area contributed by atoms with Crippen LogP contribution in [0, 0.1) is 5.92 Å². The highest BCUT2D eigenvalue weighted by atomic mass is 31.2. The zero-order chi connectivity index (χ0) is 29.8. The number of nitrogens with two attached hydrogens (primary N) is 1. The Bertz CT molecular complexity index is 1310. The number of Topliss-reactive ketones (excluding diaryl/α,β-unsaturated/α-hetero) is 1. The van der Waals surface area contributed by atoms with Gasteiger partial charge in [0.15, 0.2) is 18.0 Å². The molecule has 0 spiro atoms. The van der Waals surface area contributed by atoms with Crippen molar-refractivity contribution in [1.29, 1.82) is 0 Å². The molecule has 13 nitrogen and oxygen atoms in total. The van der Waals surface area contributed by atoms with Crippen molar-refractivity contribution in [2.24, 2.45) is 5.92 Å². The summed E-state index contributed by atoms with van der Waals surface area (Å²) in [4.78, 5) is 40.1. The fourth-order valence-electron chi connectivity index (χ4n) is 3.69. The van der Waals surface area contributed by atoms with Crippen molar-refractivity contribution in [2.45, 2.75) is 64.2 Å². The van der Waals surface area contributed by atoms with E-state index < -0.39 is 68.4 Å². The summed E-state index contributed by atoms with van der Waals surface area (Å²) >= 11 is 0. The monoisotopic (exact) mass is 588 g/mol. The van der Waals surface area contributed by atoms with E-state index in [1.165, 1.54) is 26.0 Å². The smallest absolute Gasteiger partial charge is 0.453 e. The number of aliphatic hydroxyl groups excluding tert-OH is 1. The average molecular weight is 589 g/mol. The Kier molecular flexibility index (Phi) is 9.80. The molecule has 1 unspecified atom stereocenters. The van der Waals surface area contributed by atoms with Crippen LogP contribution >= 0.6 is 7.75 Å². The van der Waals surface area contributed by atoms with E-state index in [9.17, 15) is 32.8 Å². The molecule has 0 aliphatic carbocycles. The number of hydrogen-bond acceptors (Lipinski definition) is 11. The third-order valence-corrected chi connectivity index (χ3v) is 7.47. The van der Waals surface area contributed by atoms with Crippen molar-refractivity contribution < 1.29 is 46.6 Å². The van der Waals surface area contributed by atoms with Gasteiger partial charge in [0, 0.05) is 12.1 Å². The molecule has 0 saturated carbocycles. The number of aromatic nitrogens is 2. The molecule has 1 aromatic heterocycles. The number of aliphatic hydroxyl groups is 1. The van der Waals surface area contributed by atoms with Crippen LogP contribution in [0.15, 0.2) is 47.4 Å². The fourth-order valence-corrected chi connectivity index (χ4v) is 5.19. The number of carbonyl (C=O) groups excluding carboxylic acids is 2. The van der Waals surface area contributed by atoms with Crippen LogP contribution in [-0.4, -0.2) is 63.3 Å². The number of alkyl halides is 2. The summed E-state index contributed by atoms with van der Waals surface area (Å²) in [7, 11) is -4.54. The Morgan fingerprint density at radius 1 is 1.23 bits per heavy atom. The number of hydrogen-bond donors (Lipinski definition) is 3. The summed E-state index contributed by atoms with van der Waals surface area (Å²) in [5.74, 6) is -5.84. The lowest BCUT2D eigenvalue weighted by molar-refractivity contribution is -0.156. The summed E-state index contributed by atoms with van der Waals surface area (Å²) < 4.78 is 65.0. The molecule has 2 aromatic rings. The van der Waals surface area contributed by atoms with Gasteiger partial charge in [-0.25, -0.2) is 9.36 Å². The van der Waals surface area contributed by atoms with Gasteiger partial charge in [0.2, 0.25) is 6.23 Å². The first kappa shape index (κ1) is 31.3. The summed E-state index contributed by atoms with van der Waals surface area (Å²) in [6, 6.07) is 7.37. The molecule has 220 valence electrons. The summed E-state index contributed by atoms with van der Waals surface area (Å²) in [6.45, 7) is 5.02. The first-order chi connectivity index (χ1) is 18.6. The third-order valence-electron chi connectivity index (χ3n) is 5.83. The lowest BCUT2D eigenvalue weighted by atomic mass is 10.1. The number of para-hydroxylation sites is 1. The molecule has 4 N–H and O–H groups in total. The van der Waals surface area contributed by atoms with Crippen molar-refractivity contribution in [3.8, 4) is 5.75 Å². The maximum Gasteiger partial charge on any atom is 0.459 e. The minimum Gasteiger partial charge on any atom is -0.453 e. The molecule has 6 atom stereocenters. The van der Waals surface area contributed by atoms with E-state index in [0.717, 1.165) is 12.3 Å². The molecule has 3 rings (SSSR count). The highest BCUT2D eigenvalue weighted by molar-refractivity contribution is 7.52. The van der Waals surface area contributed by atoms with E-state index in [2.05, 4.69) is 10.1 Å².